The third-order valence-corrected chi connectivity index (χ3v) is 1.35. The molecule has 0 saturated heterocycles. The zero-order chi connectivity index (χ0) is 7.28. The average Bonchev–Trinajstić information content (AvgIpc) is 1.87. The smallest absolute Gasteiger partial charge is 0.122 e. The molecular weight excluding hydrogens is 111 g/mol. The minimum absolute atomic E-state index is 0.817. The number of hydrogen-bond donors (Lipinski definition) is 2. The van der Waals surface area contributed by atoms with Crippen LogP contribution < -0.4 is 11.1 Å². The molecule has 9 heavy (non-hydrogen) atoms. The van der Waals surface area contributed by atoms with E-state index in [0.29, 0.717) is 0 Å². The lowest BCUT2D eigenvalue weighted by Gasteiger charge is -2.03. The van der Waals surface area contributed by atoms with Gasteiger partial charge in [-0.25, -0.2) is 0 Å². The summed E-state index contributed by atoms with van der Waals surface area (Å²) in [4.78, 5) is 0. The molecule has 0 amide bonds. The Morgan fingerprint density at radius 3 is 2.56 bits per heavy atom. The molecule has 0 aromatic rings. The van der Waals surface area contributed by atoms with Crippen molar-refractivity contribution in [2.24, 2.45) is 5.73 Å². The van der Waals surface area contributed by atoms with Crippen molar-refractivity contribution in [3.63, 3.8) is 0 Å². The van der Waals surface area contributed by atoms with Gasteiger partial charge >= 0.3 is 0 Å². The molecule has 52 valence electrons. The van der Waals surface area contributed by atoms with Gasteiger partial charge in [0.05, 0.1) is 5.82 Å². The number of allylic oxidation sites excluding steroid dienone is 1. The van der Waals surface area contributed by atoms with Crippen LogP contribution in [0.5, 0.6) is 0 Å². The zero-order valence-corrected chi connectivity index (χ0v) is 6.49. The molecule has 3 N–H and O–H groups in total. The molecule has 0 aromatic carbocycles. The van der Waals surface area contributed by atoms with Gasteiger partial charge in [-0.1, -0.05) is 13.1 Å². The molecule has 0 rings (SSSR count). The number of nitrogens with one attached hydrogen (secondary N) is 1. The van der Waals surface area contributed by atoms with Gasteiger partial charge in [-0.15, -0.1) is 0 Å². The summed E-state index contributed by atoms with van der Waals surface area (Å²) in [6, 6.07) is 0. The van der Waals surface area contributed by atoms with Crippen molar-refractivity contribution in [3.05, 3.63) is 11.4 Å². The second-order valence-electron chi connectivity index (χ2n) is 2.19. The van der Waals surface area contributed by atoms with Crippen LogP contribution in [0.25, 0.3) is 0 Å². The van der Waals surface area contributed by atoms with Crippen LogP contribution in [0.4, 0.5) is 0 Å². The summed E-state index contributed by atoms with van der Waals surface area (Å²) in [5, 5.41) is 2.91. The molecule has 0 aliphatic heterocycles. The van der Waals surface area contributed by atoms with Gasteiger partial charge in [0.1, 0.15) is 7.28 Å². The fourth-order valence-corrected chi connectivity index (χ4v) is 0.723. The molecule has 0 radical (unpaired) electrons. The molecule has 0 aromatic heterocycles. The Morgan fingerprint density at radius 1 is 1.67 bits per heavy atom. The van der Waals surface area contributed by atoms with Crippen molar-refractivity contribution >= 4 is 7.28 Å². The quantitative estimate of drug-likeness (QED) is 0.533. The SMILES string of the molecule is CBC/C(C)=C(\N)NC. The predicted octanol–water partition coefficient (Wildman–Crippen LogP) is 0.299. The summed E-state index contributed by atoms with van der Waals surface area (Å²) in [5.41, 5.74) is 6.82. The van der Waals surface area contributed by atoms with Crippen LogP contribution in [0, 0.1) is 0 Å². The van der Waals surface area contributed by atoms with Crippen LogP contribution in [0.1, 0.15) is 6.92 Å². The molecular formula is C6H15BN2. The zero-order valence-electron chi connectivity index (χ0n) is 6.49. The second kappa shape index (κ2) is 4.30. The summed E-state index contributed by atoms with van der Waals surface area (Å²) >= 11 is 0. The molecule has 0 saturated carbocycles. The maximum atomic E-state index is 5.57. The van der Waals surface area contributed by atoms with Crippen LogP contribution in [-0.2, 0) is 0 Å². The molecule has 0 spiro atoms. The van der Waals surface area contributed by atoms with Crippen LogP contribution >= 0.6 is 0 Å². The van der Waals surface area contributed by atoms with E-state index in [2.05, 4.69) is 19.1 Å². The summed E-state index contributed by atoms with van der Waals surface area (Å²) in [7, 11) is 3.00. The summed E-state index contributed by atoms with van der Waals surface area (Å²) in [5.74, 6) is 0.817. The van der Waals surface area contributed by atoms with Crippen LogP contribution in [0.3, 0.4) is 0 Å². The molecule has 0 heterocycles. The van der Waals surface area contributed by atoms with E-state index in [4.69, 9.17) is 5.73 Å². The molecule has 0 unspecified atom stereocenters. The number of hydrogen-bond acceptors (Lipinski definition) is 2. The largest absolute Gasteiger partial charge is 0.386 e. The topological polar surface area (TPSA) is 38.0 Å². The van der Waals surface area contributed by atoms with Crippen molar-refractivity contribution in [1.82, 2.24) is 5.32 Å². The first-order chi connectivity index (χ1) is 4.22. The lowest BCUT2D eigenvalue weighted by molar-refractivity contribution is 0.932. The molecule has 3 heteroatoms. The van der Waals surface area contributed by atoms with Gasteiger partial charge in [0, 0.05) is 7.05 Å². The van der Waals surface area contributed by atoms with Crippen molar-refractivity contribution in [2.75, 3.05) is 7.05 Å². The Labute approximate surface area is 57.8 Å². The third-order valence-electron chi connectivity index (χ3n) is 1.35. The maximum Gasteiger partial charge on any atom is 0.122 e. The van der Waals surface area contributed by atoms with Crippen molar-refractivity contribution in [1.29, 1.82) is 0 Å². The van der Waals surface area contributed by atoms with Crippen LogP contribution in [0.2, 0.25) is 13.1 Å². The first kappa shape index (κ1) is 8.40. The minimum atomic E-state index is 0.817. The van der Waals surface area contributed by atoms with Gasteiger partial charge in [-0.2, -0.15) is 0 Å². The lowest BCUT2D eigenvalue weighted by Crippen LogP contribution is -2.16. The van der Waals surface area contributed by atoms with E-state index in [9.17, 15) is 0 Å². The second-order valence-corrected chi connectivity index (χ2v) is 2.19. The molecule has 0 aliphatic carbocycles. The predicted molar refractivity (Wildman–Crippen MR) is 43.8 cm³/mol. The van der Waals surface area contributed by atoms with E-state index in [-0.39, 0.29) is 0 Å². The maximum absolute atomic E-state index is 5.57. The Hall–Kier alpha value is -0.595. The minimum Gasteiger partial charge on any atom is -0.386 e. The highest BCUT2D eigenvalue weighted by Gasteiger charge is 1.92. The highest BCUT2D eigenvalue weighted by Crippen LogP contribution is 1.99. The highest BCUT2D eigenvalue weighted by atomic mass is 15.0. The van der Waals surface area contributed by atoms with E-state index in [0.717, 1.165) is 19.4 Å². The third kappa shape index (κ3) is 3.06. The first-order valence-corrected chi connectivity index (χ1v) is 3.35. The normalized spacial score (nSPS) is 12.3. The van der Waals surface area contributed by atoms with Gasteiger partial charge in [-0.3, -0.25) is 0 Å². The Balaban J connectivity index is 3.78. The van der Waals surface area contributed by atoms with Gasteiger partial charge in [0.2, 0.25) is 0 Å². The fraction of sp³-hybridized carbons (Fsp3) is 0.667. The van der Waals surface area contributed by atoms with Gasteiger partial charge < -0.3 is 11.1 Å². The van der Waals surface area contributed by atoms with Crippen molar-refractivity contribution in [2.45, 2.75) is 20.1 Å². The highest BCUT2D eigenvalue weighted by molar-refractivity contribution is 6.34. The van der Waals surface area contributed by atoms with E-state index >= 15 is 0 Å². The fourth-order valence-electron chi connectivity index (χ4n) is 0.723. The van der Waals surface area contributed by atoms with Gasteiger partial charge in [0.15, 0.2) is 0 Å². The van der Waals surface area contributed by atoms with E-state index in [1.54, 1.807) is 0 Å². The average molecular weight is 126 g/mol. The van der Waals surface area contributed by atoms with E-state index in [1.807, 2.05) is 7.05 Å². The molecule has 0 bridgehead atoms. The van der Waals surface area contributed by atoms with Crippen LogP contribution in [-0.4, -0.2) is 14.3 Å². The Kier molecular flexibility index (Phi) is 4.02. The number of nitrogens with two attached hydrogens (primary N) is 1. The molecule has 0 aliphatic rings. The molecule has 2 nitrogen and oxygen atoms in total. The lowest BCUT2D eigenvalue weighted by atomic mass is 9.75. The van der Waals surface area contributed by atoms with Gasteiger partial charge in [-0.05, 0) is 12.5 Å². The van der Waals surface area contributed by atoms with E-state index in [1.165, 1.54) is 5.57 Å². The van der Waals surface area contributed by atoms with Crippen LogP contribution in [0.15, 0.2) is 11.4 Å². The molecule has 0 atom stereocenters. The molecule has 0 fully saturated rings. The van der Waals surface area contributed by atoms with Crippen molar-refractivity contribution in [3.8, 4) is 0 Å². The summed E-state index contributed by atoms with van der Waals surface area (Å²) in [6.45, 7) is 4.20. The van der Waals surface area contributed by atoms with Crippen molar-refractivity contribution < 1.29 is 0 Å². The number of rotatable bonds is 3. The van der Waals surface area contributed by atoms with E-state index < -0.39 is 0 Å². The Morgan fingerprint density at radius 2 is 2.22 bits per heavy atom. The Bertz CT molecular complexity index is 110. The van der Waals surface area contributed by atoms with Gasteiger partial charge in [0.25, 0.3) is 0 Å². The standard InChI is InChI=1S/C6H15BN2/c1-5(4-7-2)6(8)9-3/h7,9H,4,8H2,1-3H3/b6-5+. The summed E-state index contributed by atoms with van der Waals surface area (Å²) < 4.78 is 0. The first-order valence-electron chi connectivity index (χ1n) is 3.35. The monoisotopic (exact) mass is 126 g/mol. The summed E-state index contributed by atoms with van der Waals surface area (Å²) in [6.07, 6.45) is 1.09.